The molecule has 3 nitrogen and oxygen atoms in total. The van der Waals surface area contributed by atoms with E-state index in [0.29, 0.717) is 0 Å². The van der Waals surface area contributed by atoms with Gasteiger partial charge >= 0.3 is 5.97 Å². The average Bonchev–Trinajstić information content (AvgIpc) is 2.46. The first kappa shape index (κ1) is 12.0. The van der Waals surface area contributed by atoms with Crippen LogP contribution >= 0.6 is 0 Å². The summed E-state index contributed by atoms with van der Waals surface area (Å²) in [5.74, 6) is -0.389. The van der Waals surface area contributed by atoms with Crippen molar-refractivity contribution < 1.29 is 9.53 Å². The van der Waals surface area contributed by atoms with Crippen molar-refractivity contribution in [2.45, 2.75) is 0 Å². The molecule has 0 saturated heterocycles. The number of carbonyl (C=O) groups excluding carboxylic acids is 1. The lowest BCUT2D eigenvalue weighted by Gasteiger charge is -2.06. The van der Waals surface area contributed by atoms with Gasteiger partial charge in [-0.05, 0) is 17.7 Å². The predicted octanol–water partition coefficient (Wildman–Crippen LogP) is 2.69. The molecule has 0 N–H and O–H groups in total. The molecule has 1 aromatic carbocycles. The molecule has 0 spiro atoms. The zero-order valence-corrected chi connectivity index (χ0v) is 10.0. The van der Waals surface area contributed by atoms with Gasteiger partial charge in [0.15, 0.2) is 0 Å². The van der Waals surface area contributed by atoms with Gasteiger partial charge in [0, 0.05) is 17.8 Å². The fourth-order valence-corrected chi connectivity index (χ4v) is 1.62. The predicted molar refractivity (Wildman–Crippen MR) is 69.8 cm³/mol. The first-order valence-electron chi connectivity index (χ1n) is 5.58. The number of carbonyl (C=O) groups is 1. The molecule has 0 radical (unpaired) electrons. The summed E-state index contributed by atoms with van der Waals surface area (Å²) in [4.78, 5) is 15.7. The van der Waals surface area contributed by atoms with Gasteiger partial charge in [0.05, 0.1) is 12.8 Å². The smallest absolute Gasteiger partial charge is 0.331 e. The van der Waals surface area contributed by atoms with Gasteiger partial charge in [-0.15, -0.1) is 0 Å². The Labute approximate surface area is 106 Å². The summed E-state index contributed by atoms with van der Waals surface area (Å²) in [6, 6.07) is 15.2. The lowest BCUT2D eigenvalue weighted by Crippen LogP contribution is -1.99. The Bertz CT molecular complexity index is 506. The number of hydrogen-bond acceptors (Lipinski definition) is 3. The van der Waals surface area contributed by atoms with Crippen LogP contribution in [0.15, 0.2) is 60.8 Å². The van der Waals surface area contributed by atoms with Gasteiger partial charge in [-0.25, -0.2) is 4.79 Å². The molecule has 0 saturated carbocycles. The topological polar surface area (TPSA) is 39.2 Å². The molecule has 0 bridgehead atoms. The van der Waals surface area contributed by atoms with Crippen molar-refractivity contribution in [3.05, 3.63) is 72.1 Å². The number of esters is 1. The number of ether oxygens (including phenoxy) is 1. The average molecular weight is 239 g/mol. The fourth-order valence-electron chi connectivity index (χ4n) is 1.62. The second kappa shape index (κ2) is 5.77. The Morgan fingerprint density at radius 2 is 1.83 bits per heavy atom. The summed E-state index contributed by atoms with van der Waals surface area (Å²) < 4.78 is 4.68. The van der Waals surface area contributed by atoms with E-state index in [1.165, 1.54) is 13.2 Å². The Balaban J connectivity index is 2.49. The molecule has 0 amide bonds. The van der Waals surface area contributed by atoms with E-state index in [9.17, 15) is 4.79 Å². The number of benzene rings is 1. The lowest BCUT2D eigenvalue weighted by molar-refractivity contribution is -0.134. The van der Waals surface area contributed by atoms with Gasteiger partial charge in [0.1, 0.15) is 0 Å². The summed E-state index contributed by atoms with van der Waals surface area (Å²) in [5.41, 5.74) is 2.43. The van der Waals surface area contributed by atoms with Crippen LogP contribution in [-0.4, -0.2) is 18.1 Å². The van der Waals surface area contributed by atoms with E-state index in [2.05, 4.69) is 9.72 Å². The van der Waals surface area contributed by atoms with E-state index in [4.69, 9.17) is 0 Å². The highest BCUT2D eigenvalue weighted by atomic mass is 16.5. The second-order valence-corrected chi connectivity index (χ2v) is 3.66. The summed E-state index contributed by atoms with van der Waals surface area (Å²) >= 11 is 0. The molecule has 1 heterocycles. The van der Waals surface area contributed by atoms with E-state index >= 15 is 0 Å². The van der Waals surface area contributed by atoms with Crippen LogP contribution in [0.25, 0.3) is 5.57 Å². The van der Waals surface area contributed by atoms with Crippen molar-refractivity contribution in [2.75, 3.05) is 7.11 Å². The maximum atomic E-state index is 11.4. The van der Waals surface area contributed by atoms with Crippen molar-refractivity contribution in [2.24, 2.45) is 0 Å². The molecule has 0 atom stereocenters. The lowest BCUT2D eigenvalue weighted by atomic mass is 10.0. The third-order valence-corrected chi connectivity index (χ3v) is 2.49. The standard InChI is InChI=1S/C15H13NO2/c1-18-15(17)11-13(12-7-3-2-4-8-12)14-9-5-6-10-16-14/h2-11H,1H3/b13-11-. The van der Waals surface area contributed by atoms with Crippen LogP contribution in [0.2, 0.25) is 0 Å². The zero-order valence-electron chi connectivity index (χ0n) is 10.0. The molecular weight excluding hydrogens is 226 g/mol. The van der Waals surface area contributed by atoms with Crippen LogP contribution < -0.4 is 0 Å². The molecule has 1 aromatic heterocycles. The van der Waals surface area contributed by atoms with Crippen molar-refractivity contribution in [1.29, 1.82) is 0 Å². The molecular formula is C15H13NO2. The number of rotatable bonds is 3. The maximum Gasteiger partial charge on any atom is 0.331 e. The molecule has 0 fully saturated rings. The van der Waals surface area contributed by atoms with E-state index < -0.39 is 0 Å². The molecule has 0 aliphatic rings. The summed E-state index contributed by atoms with van der Waals surface area (Å²) in [6.45, 7) is 0. The molecule has 18 heavy (non-hydrogen) atoms. The van der Waals surface area contributed by atoms with E-state index in [1.807, 2.05) is 48.5 Å². The normalized spacial score (nSPS) is 11.1. The first-order valence-corrected chi connectivity index (χ1v) is 5.58. The van der Waals surface area contributed by atoms with Crippen LogP contribution in [0.3, 0.4) is 0 Å². The van der Waals surface area contributed by atoms with Crippen LogP contribution in [0.4, 0.5) is 0 Å². The summed E-state index contributed by atoms with van der Waals surface area (Å²) in [5, 5.41) is 0. The fraction of sp³-hybridized carbons (Fsp3) is 0.0667. The summed E-state index contributed by atoms with van der Waals surface area (Å²) in [7, 11) is 1.36. The Morgan fingerprint density at radius 1 is 1.11 bits per heavy atom. The molecule has 90 valence electrons. The minimum Gasteiger partial charge on any atom is -0.466 e. The maximum absolute atomic E-state index is 11.4. The minimum atomic E-state index is -0.389. The van der Waals surface area contributed by atoms with E-state index in [-0.39, 0.29) is 5.97 Å². The van der Waals surface area contributed by atoms with Crippen molar-refractivity contribution >= 4 is 11.5 Å². The van der Waals surface area contributed by atoms with Crippen LogP contribution in [0.5, 0.6) is 0 Å². The molecule has 2 rings (SSSR count). The van der Waals surface area contributed by atoms with E-state index in [0.717, 1.165) is 16.8 Å². The highest BCUT2D eigenvalue weighted by Gasteiger charge is 2.08. The zero-order chi connectivity index (χ0) is 12.8. The molecule has 2 aromatic rings. The molecule has 0 unspecified atom stereocenters. The largest absolute Gasteiger partial charge is 0.466 e. The van der Waals surface area contributed by atoms with Crippen LogP contribution in [0.1, 0.15) is 11.3 Å². The second-order valence-electron chi connectivity index (χ2n) is 3.66. The molecule has 0 aliphatic heterocycles. The number of aromatic nitrogens is 1. The molecule has 0 aliphatic carbocycles. The van der Waals surface area contributed by atoms with Gasteiger partial charge in [-0.3, -0.25) is 4.98 Å². The minimum absolute atomic E-state index is 0.389. The van der Waals surface area contributed by atoms with Gasteiger partial charge in [0.2, 0.25) is 0 Å². The Morgan fingerprint density at radius 3 is 2.44 bits per heavy atom. The molecule has 3 heteroatoms. The Kier molecular flexibility index (Phi) is 3.86. The number of pyridine rings is 1. The number of hydrogen-bond donors (Lipinski definition) is 0. The highest BCUT2D eigenvalue weighted by Crippen LogP contribution is 2.21. The third-order valence-electron chi connectivity index (χ3n) is 2.49. The monoisotopic (exact) mass is 239 g/mol. The van der Waals surface area contributed by atoms with Gasteiger partial charge < -0.3 is 4.74 Å². The SMILES string of the molecule is COC(=O)/C=C(/c1ccccc1)c1ccccn1. The first-order chi connectivity index (χ1) is 8.81. The number of nitrogens with zero attached hydrogens (tertiary/aromatic N) is 1. The van der Waals surface area contributed by atoms with Gasteiger partial charge in [0.25, 0.3) is 0 Å². The van der Waals surface area contributed by atoms with E-state index in [1.54, 1.807) is 6.20 Å². The summed E-state index contributed by atoms with van der Waals surface area (Å²) in [6.07, 6.45) is 3.15. The number of methoxy groups -OCH3 is 1. The van der Waals surface area contributed by atoms with Crippen molar-refractivity contribution in [3.8, 4) is 0 Å². The van der Waals surface area contributed by atoms with Gasteiger partial charge in [-0.1, -0.05) is 36.4 Å². The third kappa shape index (κ3) is 2.83. The Hall–Kier alpha value is -2.42. The quantitative estimate of drug-likeness (QED) is 0.610. The van der Waals surface area contributed by atoms with Gasteiger partial charge in [-0.2, -0.15) is 0 Å². The van der Waals surface area contributed by atoms with Crippen LogP contribution in [0, 0.1) is 0 Å². The van der Waals surface area contributed by atoms with Crippen molar-refractivity contribution in [1.82, 2.24) is 4.98 Å². The highest BCUT2D eigenvalue weighted by molar-refractivity contribution is 5.95. The van der Waals surface area contributed by atoms with Crippen molar-refractivity contribution in [3.63, 3.8) is 0 Å². The van der Waals surface area contributed by atoms with Crippen LogP contribution in [-0.2, 0) is 9.53 Å².